The summed E-state index contributed by atoms with van der Waals surface area (Å²) in [6, 6.07) is 7.45. The Hall–Kier alpha value is -2.02. The lowest BCUT2D eigenvalue weighted by atomic mass is 9.98. The van der Waals surface area contributed by atoms with Crippen LogP contribution >= 0.6 is 0 Å². The van der Waals surface area contributed by atoms with Crippen LogP contribution in [-0.4, -0.2) is 12.7 Å². The lowest BCUT2D eigenvalue weighted by molar-refractivity contribution is 0.168. The normalized spacial score (nSPS) is 9.82. The Morgan fingerprint density at radius 2 is 2.24 bits per heavy atom. The number of anilines is 1. The molecule has 0 unspecified atom stereocenters. The van der Waals surface area contributed by atoms with Crippen LogP contribution in [0, 0.1) is 11.3 Å². The molecule has 4 heteroatoms. The predicted molar refractivity (Wildman–Crippen MR) is 65.9 cm³/mol. The third kappa shape index (κ3) is 3.22. The highest BCUT2D eigenvalue weighted by molar-refractivity contribution is 5.88. The molecule has 4 nitrogen and oxygen atoms in total. The van der Waals surface area contributed by atoms with Gasteiger partial charge in [-0.1, -0.05) is 26.0 Å². The van der Waals surface area contributed by atoms with Gasteiger partial charge in [-0.2, -0.15) is 5.26 Å². The van der Waals surface area contributed by atoms with E-state index in [1.54, 1.807) is 13.0 Å². The van der Waals surface area contributed by atoms with Gasteiger partial charge in [0.05, 0.1) is 17.9 Å². The first-order chi connectivity index (χ1) is 8.10. The Morgan fingerprint density at radius 3 is 2.76 bits per heavy atom. The minimum atomic E-state index is -0.530. The average molecular weight is 232 g/mol. The van der Waals surface area contributed by atoms with Gasteiger partial charge in [-0.3, -0.25) is 5.32 Å². The minimum Gasteiger partial charge on any atom is -0.450 e. The van der Waals surface area contributed by atoms with Crippen LogP contribution in [0.15, 0.2) is 18.2 Å². The number of nitriles is 1. The summed E-state index contributed by atoms with van der Waals surface area (Å²) < 4.78 is 4.82. The Bertz CT molecular complexity index is 447. The number of amides is 1. The van der Waals surface area contributed by atoms with E-state index < -0.39 is 6.09 Å². The second kappa shape index (κ2) is 5.90. The number of rotatable bonds is 3. The SMILES string of the molecule is CCOC(=O)Nc1c(C#N)cccc1C(C)C. The van der Waals surface area contributed by atoms with E-state index in [-0.39, 0.29) is 5.92 Å². The van der Waals surface area contributed by atoms with Crippen molar-refractivity contribution in [1.82, 2.24) is 0 Å². The summed E-state index contributed by atoms with van der Waals surface area (Å²) in [7, 11) is 0. The fraction of sp³-hybridized carbons (Fsp3) is 0.385. The van der Waals surface area contributed by atoms with Crippen molar-refractivity contribution in [3.8, 4) is 6.07 Å². The Kier molecular flexibility index (Phi) is 4.53. The highest BCUT2D eigenvalue weighted by atomic mass is 16.5. The molecule has 0 radical (unpaired) electrons. The zero-order valence-electron chi connectivity index (χ0n) is 10.3. The number of ether oxygens (including phenoxy) is 1. The summed E-state index contributed by atoms with van der Waals surface area (Å²) >= 11 is 0. The maximum Gasteiger partial charge on any atom is 0.411 e. The number of hydrogen-bond acceptors (Lipinski definition) is 3. The molecule has 0 aromatic heterocycles. The molecule has 90 valence electrons. The van der Waals surface area contributed by atoms with Crippen molar-refractivity contribution in [2.45, 2.75) is 26.7 Å². The summed E-state index contributed by atoms with van der Waals surface area (Å²) in [5, 5.41) is 11.7. The molecule has 0 saturated carbocycles. The molecule has 0 aliphatic rings. The molecule has 0 aliphatic heterocycles. The standard InChI is InChI=1S/C13H16N2O2/c1-4-17-13(16)15-12-10(8-14)6-5-7-11(12)9(2)3/h5-7,9H,4H2,1-3H3,(H,15,16). The summed E-state index contributed by atoms with van der Waals surface area (Å²) in [6.45, 7) is 6.05. The van der Waals surface area contributed by atoms with Crippen molar-refractivity contribution in [2.75, 3.05) is 11.9 Å². The lowest BCUT2D eigenvalue weighted by Gasteiger charge is -2.14. The zero-order chi connectivity index (χ0) is 12.8. The third-order valence-electron chi connectivity index (χ3n) is 2.34. The maximum absolute atomic E-state index is 11.4. The minimum absolute atomic E-state index is 0.222. The van der Waals surface area contributed by atoms with E-state index in [0.29, 0.717) is 17.9 Å². The number of carbonyl (C=O) groups excluding carboxylic acids is 1. The second-order valence-electron chi connectivity index (χ2n) is 3.88. The van der Waals surface area contributed by atoms with Gasteiger partial charge in [0.25, 0.3) is 0 Å². The number of hydrogen-bond donors (Lipinski definition) is 1. The van der Waals surface area contributed by atoms with Gasteiger partial charge in [0.2, 0.25) is 0 Å². The first kappa shape index (κ1) is 13.0. The van der Waals surface area contributed by atoms with Crippen LogP contribution in [0.4, 0.5) is 10.5 Å². The van der Waals surface area contributed by atoms with Gasteiger partial charge in [0.15, 0.2) is 0 Å². The Balaban J connectivity index is 3.10. The van der Waals surface area contributed by atoms with Crippen molar-refractivity contribution in [3.63, 3.8) is 0 Å². The van der Waals surface area contributed by atoms with Crippen molar-refractivity contribution in [3.05, 3.63) is 29.3 Å². The van der Waals surface area contributed by atoms with Crippen molar-refractivity contribution < 1.29 is 9.53 Å². The smallest absolute Gasteiger partial charge is 0.411 e. The van der Waals surface area contributed by atoms with Crippen LogP contribution in [-0.2, 0) is 4.74 Å². The summed E-state index contributed by atoms with van der Waals surface area (Å²) in [5.74, 6) is 0.222. The molecular formula is C13H16N2O2. The number of para-hydroxylation sites is 1. The largest absolute Gasteiger partial charge is 0.450 e. The topological polar surface area (TPSA) is 62.1 Å². The number of nitrogens with one attached hydrogen (secondary N) is 1. The summed E-state index contributed by atoms with van der Waals surface area (Å²) in [4.78, 5) is 11.4. The van der Waals surface area contributed by atoms with Crippen LogP contribution in [0.25, 0.3) is 0 Å². The van der Waals surface area contributed by atoms with E-state index in [1.807, 2.05) is 26.0 Å². The molecule has 1 aromatic carbocycles. The first-order valence-corrected chi connectivity index (χ1v) is 5.57. The molecule has 1 amide bonds. The Labute approximate surface area is 101 Å². The molecule has 17 heavy (non-hydrogen) atoms. The molecule has 1 aromatic rings. The molecule has 1 rings (SSSR count). The maximum atomic E-state index is 11.4. The monoisotopic (exact) mass is 232 g/mol. The van der Waals surface area contributed by atoms with E-state index in [4.69, 9.17) is 10.00 Å². The molecule has 1 N–H and O–H groups in total. The van der Waals surface area contributed by atoms with Crippen molar-refractivity contribution in [2.24, 2.45) is 0 Å². The van der Waals surface area contributed by atoms with Gasteiger partial charge in [-0.25, -0.2) is 4.79 Å². The fourth-order valence-corrected chi connectivity index (χ4v) is 1.55. The van der Waals surface area contributed by atoms with Gasteiger partial charge >= 0.3 is 6.09 Å². The summed E-state index contributed by atoms with van der Waals surface area (Å²) in [6.07, 6.45) is -0.530. The number of carbonyl (C=O) groups is 1. The number of nitrogens with zero attached hydrogens (tertiary/aromatic N) is 1. The van der Waals surface area contributed by atoms with Gasteiger partial charge in [0.1, 0.15) is 6.07 Å². The molecule has 0 heterocycles. The van der Waals surface area contributed by atoms with Crippen LogP contribution in [0.1, 0.15) is 37.8 Å². The van der Waals surface area contributed by atoms with Crippen LogP contribution in [0.2, 0.25) is 0 Å². The van der Waals surface area contributed by atoms with E-state index in [2.05, 4.69) is 11.4 Å². The van der Waals surface area contributed by atoms with Gasteiger partial charge in [0, 0.05) is 0 Å². The highest BCUT2D eigenvalue weighted by Gasteiger charge is 2.13. The van der Waals surface area contributed by atoms with Crippen molar-refractivity contribution in [1.29, 1.82) is 5.26 Å². The molecule has 0 fully saturated rings. The summed E-state index contributed by atoms with van der Waals surface area (Å²) in [5.41, 5.74) is 1.92. The van der Waals surface area contributed by atoms with Gasteiger partial charge in [-0.15, -0.1) is 0 Å². The van der Waals surface area contributed by atoms with Gasteiger partial charge < -0.3 is 4.74 Å². The van der Waals surface area contributed by atoms with Gasteiger partial charge in [-0.05, 0) is 24.5 Å². The van der Waals surface area contributed by atoms with E-state index in [9.17, 15) is 4.79 Å². The van der Waals surface area contributed by atoms with Crippen molar-refractivity contribution >= 4 is 11.8 Å². The number of benzene rings is 1. The quantitative estimate of drug-likeness (QED) is 0.870. The fourth-order valence-electron chi connectivity index (χ4n) is 1.55. The first-order valence-electron chi connectivity index (χ1n) is 5.57. The molecule has 0 atom stereocenters. The lowest BCUT2D eigenvalue weighted by Crippen LogP contribution is -2.16. The van der Waals surface area contributed by atoms with E-state index >= 15 is 0 Å². The second-order valence-corrected chi connectivity index (χ2v) is 3.88. The van der Waals surface area contributed by atoms with Crippen LogP contribution < -0.4 is 5.32 Å². The molecular weight excluding hydrogens is 216 g/mol. The Morgan fingerprint density at radius 1 is 1.53 bits per heavy atom. The average Bonchev–Trinajstić information content (AvgIpc) is 2.29. The van der Waals surface area contributed by atoms with Crippen LogP contribution in [0.5, 0.6) is 0 Å². The van der Waals surface area contributed by atoms with E-state index in [1.165, 1.54) is 0 Å². The molecule has 0 aliphatic carbocycles. The third-order valence-corrected chi connectivity index (χ3v) is 2.34. The van der Waals surface area contributed by atoms with Crippen LogP contribution in [0.3, 0.4) is 0 Å². The molecule has 0 saturated heterocycles. The predicted octanol–water partition coefficient (Wildman–Crippen LogP) is 3.25. The zero-order valence-corrected chi connectivity index (χ0v) is 10.3. The van der Waals surface area contributed by atoms with E-state index in [0.717, 1.165) is 5.56 Å². The highest BCUT2D eigenvalue weighted by Crippen LogP contribution is 2.27. The molecule has 0 bridgehead atoms. The molecule has 0 spiro atoms.